The average molecular weight is 296 g/mol. The first kappa shape index (κ1) is 17.3. The van der Waals surface area contributed by atoms with Crippen LogP contribution in [-0.4, -0.2) is 15.6 Å². The summed E-state index contributed by atoms with van der Waals surface area (Å²) in [5.74, 6) is 0.935. The highest BCUT2D eigenvalue weighted by Crippen LogP contribution is 2.19. The number of hydrogen-bond donors (Lipinski definition) is 3. The molecule has 0 aliphatic carbocycles. The molecular formula is C15H28N4O2. The van der Waals surface area contributed by atoms with Gasteiger partial charge in [0.2, 0.25) is 0 Å². The van der Waals surface area contributed by atoms with Gasteiger partial charge in [0.25, 0.3) is 5.56 Å². The lowest BCUT2D eigenvalue weighted by atomic mass is 9.95. The summed E-state index contributed by atoms with van der Waals surface area (Å²) in [5, 5.41) is 3.19. The molecule has 0 saturated carbocycles. The maximum atomic E-state index is 12.0. The molecule has 0 fully saturated rings. The van der Waals surface area contributed by atoms with E-state index in [1.165, 1.54) is 4.57 Å². The number of nitrogen functional groups attached to an aromatic ring is 1. The van der Waals surface area contributed by atoms with Crippen molar-refractivity contribution < 1.29 is 0 Å². The molecule has 6 nitrogen and oxygen atoms in total. The van der Waals surface area contributed by atoms with Gasteiger partial charge in [-0.05, 0) is 18.8 Å². The van der Waals surface area contributed by atoms with E-state index in [9.17, 15) is 9.59 Å². The Balaban J connectivity index is 3.18. The molecule has 1 unspecified atom stereocenters. The van der Waals surface area contributed by atoms with E-state index < -0.39 is 11.2 Å². The molecule has 1 atom stereocenters. The van der Waals surface area contributed by atoms with Crippen molar-refractivity contribution in [1.29, 1.82) is 0 Å². The minimum Gasteiger partial charge on any atom is -0.383 e. The van der Waals surface area contributed by atoms with Crippen LogP contribution in [0.4, 0.5) is 11.5 Å². The van der Waals surface area contributed by atoms with E-state index in [1.54, 1.807) is 0 Å². The summed E-state index contributed by atoms with van der Waals surface area (Å²) in [6.07, 6.45) is 2.04. The summed E-state index contributed by atoms with van der Waals surface area (Å²) in [6.45, 7) is 10.8. The van der Waals surface area contributed by atoms with Gasteiger partial charge in [0.05, 0.1) is 0 Å². The molecule has 4 N–H and O–H groups in total. The Morgan fingerprint density at radius 2 is 1.76 bits per heavy atom. The molecule has 0 amide bonds. The van der Waals surface area contributed by atoms with Crippen LogP contribution in [0.25, 0.3) is 0 Å². The third kappa shape index (κ3) is 4.12. The number of rotatable bonds is 7. The van der Waals surface area contributed by atoms with E-state index >= 15 is 0 Å². The van der Waals surface area contributed by atoms with Gasteiger partial charge in [-0.15, -0.1) is 0 Å². The first-order valence-corrected chi connectivity index (χ1v) is 7.70. The van der Waals surface area contributed by atoms with Gasteiger partial charge in [-0.3, -0.25) is 14.3 Å². The maximum absolute atomic E-state index is 12.0. The molecule has 1 heterocycles. The smallest absolute Gasteiger partial charge is 0.330 e. The van der Waals surface area contributed by atoms with Gasteiger partial charge in [-0.25, -0.2) is 4.79 Å². The third-order valence-corrected chi connectivity index (χ3v) is 3.92. The number of anilines is 2. The lowest BCUT2D eigenvalue weighted by Crippen LogP contribution is -2.37. The zero-order valence-electron chi connectivity index (χ0n) is 13.7. The highest BCUT2D eigenvalue weighted by Gasteiger charge is 2.18. The molecule has 0 radical (unpaired) electrons. The zero-order chi connectivity index (χ0) is 16.2. The molecule has 1 aromatic heterocycles. The molecule has 0 saturated heterocycles. The lowest BCUT2D eigenvalue weighted by Gasteiger charge is -2.24. The normalized spacial score (nSPS) is 12.9. The summed E-state index contributed by atoms with van der Waals surface area (Å²) in [6, 6.07) is 0.119. The Labute approximate surface area is 125 Å². The SMILES string of the molecule is CCC(CC)C(C)Nc1c(N)n(CC(C)C)c(=O)[nH]c1=O. The summed E-state index contributed by atoms with van der Waals surface area (Å²) in [4.78, 5) is 26.2. The number of aromatic nitrogens is 2. The first-order valence-electron chi connectivity index (χ1n) is 7.70. The molecule has 6 heteroatoms. The molecule has 21 heavy (non-hydrogen) atoms. The van der Waals surface area contributed by atoms with Crippen LogP contribution in [0.1, 0.15) is 47.5 Å². The van der Waals surface area contributed by atoms with Crippen molar-refractivity contribution in [3.05, 3.63) is 20.8 Å². The van der Waals surface area contributed by atoms with Crippen LogP contribution >= 0.6 is 0 Å². The monoisotopic (exact) mass is 296 g/mol. The average Bonchev–Trinajstić information content (AvgIpc) is 2.40. The molecule has 1 rings (SSSR count). The second kappa shape index (κ2) is 7.33. The van der Waals surface area contributed by atoms with E-state index in [0.29, 0.717) is 18.2 Å². The molecule has 0 aliphatic rings. The van der Waals surface area contributed by atoms with Crippen molar-refractivity contribution in [2.24, 2.45) is 11.8 Å². The quantitative estimate of drug-likeness (QED) is 0.717. The molecule has 0 bridgehead atoms. The van der Waals surface area contributed by atoms with Gasteiger partial charge in [0, 0.05) is 12.6 Å². The fourth-order valence-electron chi connectivity index (χ4n) is 2.61. The highest BCUT2D eigenvalue weighted by atomic mass is 16.2. The van der Waals surface area contributed by atoms with Crippen molar-refractivity contribution in [3.63, 3.8) is 0 Å². The first-order chi connectivity index (χ1) is 9.81. The minimum absolute atomic E-state index is 0.119. The molecule has 1 aromatic rings. The maximum Gasteiger partial charge on any atom is 0.330 e. The van der Waals surface area contributed by atoms with Crippen LogP contribution in [0.2, 0.25) is 0 Å². The van der Waals surface area contributed by atoms with Crippen LogP contribution in [-0.2, 0) is 6.54 Å². The van der Waals surface area contributed by atoms with Gasteiger partial charge in [-0.1, -0.05) is 40.5 Å². The third-order valence-electron chi connectivity index (χ3n) is 3.92. The summed E-state index contributed by atoms with van der Waals surface area (Å²) < 4.78 is 1.42. The predicted octanol–water partition coefficient (Wildman–Crippen LogP) is 2.01. The van der Waals surface area contributed by atoms with Crippen molar-refractivity contribution >= 4 is 11.5 Å². The van der Waals surface area contributed by atoms with Crippen molar-refractivity contribution in [3.8, 4) is 0 Å². The molecule has 120 valence electrons. The molecular weight excluding hydrogens is 268 g/mol. The topological polar surface area (TPSA) is 92.9 Å². The van der Waals surface area contributed by atoms with Crippen LogP contribution in [0.5, 0.6) is 0 Å². The Kier molecular flexibility index (Phi) is 6.05. The second-order valence-electron chi connectivity index (χ2n) is 6.03. The summed E-state index contributed by atoms with van der Waals surface area (Å²) in [5.41, 5.74) is 5.45. The van der Waals surface area contributed by atoms with Gasteiger partial charge in [0.1, 0.15) is 11.5 Å². The summed E-state index contributed by atoms with van der Waals surface area (Å²) in [7, 11) is 0. The standard InChI is InChI=1S/C15H28N4O2/c1-6-11(7-2)10(5)17-12-13(16)19(8-9(3)4)15(21)18-14(12)20/h9-11,17H,6-8,16H2,1-5H3,(H,18,20,21). The van der Waals surface area contributed by atoms with E-state index in [2.05, 4.69) is 24.1 Å². The largest absolute Gasteiger partial charge is 0.383 e. The van der Waals surface area contributed by atoms with Gasteiger partial charge < -0.3 is 11.1 Å². The van der Waals surface area contributed by atoms with Crippen LogP contribution in [0.3, 0.4) is 0 Å². The fourth-order valence-corrected chi connectivity index (χ4v) is 2.61. The zero-order valence-corrected chi connectivity index (χ0v) is 13.7. The van der Waals surface area contributed by atoms with Crippen LogP contribution in [0, 0.1) is 11.8 Å². The Morgan fingerprint density at radius 3 is 2.24 bits per heavy atom. The van der Waals surface area contributed by atoms with Gasteiger partial charge >= 0.3 is 5.69 Å². The minimum atomic E-state index is -0.452. The second-order valence-corrected chi connectivity index (χ2v) is 6.03. The lowest BCUT2D eigenvalue weighted by molar-refractivity contribution is 0.437. The number of nitrogens with one attached hydrogen (secondary N) is 2. The number of nitrogens with zero attached hydrogens (tertiary/aromatic N) is 1. The fraction of sp³-hybridized carbons (Fsp3) is 0.733. The molecule has 0 aromatic carbocycles. The van der Waals surface area contributed by atoms with Crippen LogP contribution < -0.4 is 22.3 Å². The van der Waals surface area contributed by atoms with E-state index in [0.717, 1.165) is 12.8 Å². The van der Waals surface area contributed by atoms with E-state index in [-0.39, 0.29) is 17.8 Å². The number of nitrogens with two attached hydrogens (primary N) is 1. The number of hydrogen-bond acceptors (Lipinski definition) is 4. The van der Waals surface area contributed by atoms with Gasteiger partial charge in [0.15, 0.2) is 0 Å². The van der Waals surface area contributed by atoms with E-state index in [4.69, 9.17) is 5.73 Å². The Morgan fingerprint density at radius 1 is 1.19 bits per heavy atom. The molecule has 0 aliphatic heterocycles. The Bertz CT molecular complexity index is 570. The van der Waals surface area contributed by atoms with E-state index in [1.807, 2.05) is 20.8 Å². The Hall–Kier alpha value is -1.72. The summed E-state index contributed by atoms with van der Waals surface area (Å²) >= 11 is 0. The van der Waals surface area contributed by atoms with Crippen molar-refractivity contribution in [1.82, 2.24) is 9.55 Å². The van der Waals surface area contributed by atoms with Crippen molar-refractivity contribution in [2.75, 3.05) is 11.1 Å². The van der Waals surface area contributed by atoms with Crippen molar-refractivity contribution in [2.45, 2.75) is 60.0 Å². The molecule has 0 spiro atoms. The van der Waals surface area contributed by atoms with Gasteiger partial charge in [-0.2, -0.15) is 0 Å². The number of aromatic amines is 1. The van der Waals surface area contributed by atoms with Crippen LogP contribution in [0.15, 0.2) is 9.59 Å². The highest BCUT2D eigenvalue weighted by molar-refractivity contribution is 5.60. The predicted molar refractivity (Wildman–Crippen MR) is 87.7 cm³/mol. The number of H-pyrrole nitrogens is 1.